The van der Waals surface area contributed by atoms with Crippen molar-refractivity contribution in [2.45, 2.75) is 26.0 Å². The number of piperidine rings is 1. The minimum Gasteiger partial charge on any atom is -0.392 e. The first kappa shape index (κ1) is 9.68. The van der Waals surface area contributed by atoms with Crippen LogP contribution in [0.15, 0.2) is 16.8 Å². The monoisotopic (exact) mass is 196 g/mol. The summed E-state index contributed by atoms with van der Waals surface area (Å²) >= 11 is 0. The molecule has 1 aliphatic heterocycles. The van der Waals surface area contributed by atoms with E-state index >= 15 is 0 Å². The van der Waals surface area contributed by atoms with Crippen LogP contribution in [0, 0.1) is 5.92 Å². The van der Waals surface area contributed by atoms with Crippen molar-refractivity contribution in [1.82, 2.24) is 10.1 Å². The highest BCUT2D eigenvalue weighted by atomic mass is 16.5. The lowest BCUT2D eigenvalue weighted by Crippen LogP contribution is -2.42. The molecule has 0 bridgehead atoms. The van der Waals surface area contributed by atoms with Crippen LogP contribution in [0.4, 0.5) is 0 Å². The van der Waals surface area contributed by atoms with E-state index in [9.17, 15) is 5.11 Å². The molecule has 1 fully saturated rings. The lowest BCUT2D eigenvalue weighted by Gasteiger charge is -2.33. The first-order valence-electron chi connectivity index (χ1n) is 5.05. The Bertz CT molecular complexity index is 274. The van der Waals surface area contributed by atoms with Crippen LogP contribution in [0.25, 0.3) is 0 Å². The van der Waals surface area contributed by atoms with Gasteiger partial charge in [-0.15, -0.1) is 0 Å². The fourth-order valence-electron chi connectivity index (χ4n) is 1.80. The van der Waals surface area contributed by atoms with Crippen LogP contribution < -0.4 is 0 Å². The molecule has 0 spiro atoms. The Kier molecular flexibility index (Phi) is 2.84. The molecular formula is C10H16N2O2. The van der Waals surface area contributed by atoms with Crippen LogP contribution in [0.1, 0.15) is 19.1 Å². The lowest BCUT2D eigenvalue weighted by atomic mass is 9.96. The van der Waals surface area contributed by atoms with E-state index in [4.69, 9.17) is 4.52 Å². The summed E-state index contributed by atoms with van der Waals surface area (Å²) in [5.74, 6) is 1.28. The fraction of sp³-hybridized carbons (Fsp3) is 0.700. The maximum atomic E-state index is 9.69. The number of hydrogen-bond donors (Lipinski definition) is 1. The van der Waals surface area contributed by atoms with Gasteiger partial charge in [-0.2, -0.15) is 0 Å². The Morgan fingerprint density at radius 3 is 3.21 bits per heavy atom. The van der Waals surface area contributed by atoms with Gasteiger partial charge in [0, 0.05) is 12.6 Å². The number of aromatic nitrogens is 1. The molecule has 1 aliphatic rings. The standard InChI is InChI=1S/C10H16N2O2/c1-8-3-5-12(7-10(8)13)6-9-2-4-11-14-9/h2,4,8,10,13H,3,5-7H2,1H3. The average Bonchev–Trinajstić information content (AvgIpc) is 2.64. The van der Waals surface area contributed by atoms with E-state index in [2.05, 4.69) is 17.0 Å². The number of rotatable bonds is 2. The molecule has 1 N–H and O–H groups in total. The van der Waals surface area contributed by atoms with Crippen molar-refractivity contribution < 1.29 is 9.63 Å². The second-order valence-corrected chi connectivity index (χ2v) is 4.05. The summed E-state index contributed by atoms with van der Waals surface area (Å²) in [6.45, 7) is 4.61. The predicted molar refractivity (Wildman–Crippen MR) is 51.6 cm³/mol. The second kappa shape index (κ2) is 4.11. The van der Waals surface area contributed by atoms with Crippen LogP contribution in [0.3, 0.4) is 0 Å². The maximum absolute atomic E-state index is 9.69. The molecule has 1 saturated heterocycles. The van der Waals surface area contributed by atoms with Crippen molar-refractivity contribution in [1.29, 1.82) is 0 Å². The lowest BCUT2D eigenvalue weighted by molar-refractivity contribution is 0.0227. The average molecular weight is 196 g/mol. The van der Waals surface area contributed by atoms with Gasteiger partial charge in [-0.25, -0.2) is 0 Å². The van der Waals surface area contributed by atoms with Crippen molar-refractivity contribution >= 4 is 0 Å². The van der Waals surface area contributed by atoms with E-state index in [-0.39, 0.29) is 6.10 Å². The Hall–Kier alpha value is -0.870. The van der Waals surface area contributed by atoms with E-state index in [1.165, 1.54) is 0 Å². The topological polar surface area (TPSA) is 49.5 Å². The van der Waals surface area contributed by atoms with E-state index in [0.717, 1.165) is 31.8 Å². The molecule has 2 atom stereocenters. The van der Waals surface area contributed by atoms with Crippen molar-refractivity contribution in [2.24, 2.45) is 5.92 Å². The Morgan fingerprint density at radius 1 is 1.71 bits per heavy atom. The van der Waals surface area contributed by atoms with E-state index in [0.29, 0.717) is 5.92 Å². The Labute approximate surface area is 83.5 Å². The van der Waals surface area contributed by atoms with Gasteiger partial charge in [0.15, 0.2) is 5.76 Å². The molecule has 2 heterocycles. The zero-order valence-electron chi connectivity index (χ0n) is 8.39. The Morgan fingerprint density at radius 2 is 2.57 bits per heavy atom. The SMILES string of the molecule is CC1CCN(Cc2ccno2)CC1O. The molecule has 0 aromatic carbocycles. The highest BCUT2D eigenvalue weighted by Crippen LogP contribution is 2.18. The highest BCUT2D eigenvalue weighted by Gasteiger charge is 2.24. The van der Waals surface area contributed by atoms with Gasteiger partial charge in [-0.3, -0.25) is 4.90 Å². The number of β-amino-alcohol motifs (C(OH)–C–C–N with tert-alkyl or cyclic N) is 1. The number of aliphatic hydroxyl groups excluding tert-OH is 1. The van der Waals surface area contributed by atoms with Crippen LogP contribution in [0.2, 0.25) is 0 Å². The molecule has 0 aliphatic carbocycles. The molecule has 0 radical (unpaired) electrons. The molecule has 4 heteroatoms. The molecule has 2 rings (SSSR count). The van der Waals surface area contributed by atoms with Gasteiger partial charge in [-0.1, -0.05) is 12.1 Å². The van der Waals surface area contributed by atoms with E-state index in [1.54, 1.807) is 6.20 Å². The molecule has 14 heavy (non-hydrogen) atoms. The number of nitrogens with zero attached hydrogens (tertiary/aromatic N) is 2. The third-order valence-corrected chi connectivity index (χ3v) is 2.87. The van der Waals surface area contributed by atoms with Crippen LogP contribution in [0.5, 0.6) is 0 Å². The zero-order chi connectivity index (χ0) is 9.97. The first-order valence-corrected chi connectivity index (χ1v) is 5.05. The number of hydrogen-bond acceptors (Lipinski definition) is 4. The van der Waals surface area contributed by atoms with Crippen molar-refractivity contribution in [3.8, 4) is 0 Å². The molecule has 4 nitrogen and oxygen atoms in total. The minimum absolute atomic E-state index is 0.202. The summed E-state index contributed by atoms with van der Waals surface area (Å²) in [5, 5.41) is 13.3. The van der Waals surface area contributed by atoms with Gasteiger partial charge >= 0.3 is 0 Å². The quantitative estimate of drug-likeness (QED) is 0.762. The third-order valence-electron chi connectivity index (χ3n) is 2.87. The summed E-state index contributed by atoms with van der Waals surface area (Å²) in [6.07, 6.45) is 2.50. The van der Waals surface area contributed by atoms with Gasteiger partial charge in [0.1, 0.15) is 0 Å². The number of likely N-dealkylation sites (tertiary alicyclic amines) is 1. The zero-order valence-corrected chi connectivity index (χ0v) is 8.39. The molecule has 0 saturated carbocycles. The summed E-state index contributed by atoms with van der Waals surface area (Å²) in [6, 6.07) is 1.87. The van der Waals surface area contributed by atoms with Crippen LogP contribution in [-0.2, 0) is 6.54 Å². The summed E-state index contributed by atoms with van der Waals surface area (Å²) < 4.78 is 5.03. The van der Waals surface area contributed by atoms with Gasteiger partial charge in [0.05, 0.1) is 18.8 Å². The molecule has 2 unspecified atom stereocenters. The minimum atomic E-state index is -0.202. The van der Waals surface area contributed by atoms with Gasteiger partial charge in [0.2, 0.25) is 0 Å². The molecule has 78 valence electrons. The highest BCUT2D eigenvalue weighted by molar-refractivity contribution is 4.93. The van der Waals surface area contributed by atoms with E-state index in [1.807, 2.05) is 6.07 Å². The maximum Gasteiger partial charge on any atom is 0.150 e. The first-order chi connectivity index (χ1) is 6.75. The number of aliphatic hydroxyl groups is 1. The predicted octanol–water partition coefficient (Wildman–Crippen LogP) is 0.877. The molecule has 0 amide bonds. The largest absolute Gasteiger partial charge is 0.392 e. The van der Waals surface area contributed by atoms with Crippen LogP contribution >= 0.6 is 0 Å². The van der Waals surface area contributed by atoms with Crippen molar-refractivity contribution in [3.63, 3.8) is 0 Å². The van der Waals surface area contributed by atoms with Gasteiger partial charge in [-0.05, 0) is 18.9 Å². The van der Waals surface area contributed by atoms with Gasteiger partial charge in [0.25, 0.3) is 0 Å². The molecular weight excluding hydrogens is 180 g/mol. The fourth-order valence-corrected chi connectivity index (χ4v) is 1.80. The van der Waals surface area contributed by atoms with Crippen molar-refractivity contribution in [3.05, 3.63) is 18.0 Å². The van der Waals surface area contributed by atoms with Crippen molar-refractivity contribution in [2.75, 3.05) is 13.1 Å². The molecule has 1 aromatic rings. The summed E-state index contributed by atoms with van der Waals surface area (Å²) in [5.41, 5.74) is 0. The van der Waals surface area contributed by atoms with Crippen LogP contribution in [-0.4, -0.2) is 34.4 Å². The Balaban J connectivity index is 1.88. The summed E-state index contributed by atoms with van der Waals surface area (Å²) in [7, 11) is 0. The van der Waals surface area contributed by atoms with Gasteiger partial charge < -0.3 is 9.63 Å². The van der Waals surface area contributed by atoms with E-state index < -0.39 is 0 Å². The second-order valence-electron chi connectivity index (χ2n) is 4.05. The molecule has 1 aromatic heterocycles. The smallest absolute Gasteiger partial charge is 0.150 e. The summed E-state index contributed by atoms with van der Waals surface area (Å²) in [4.78, 5) is 2.20. The normalized spacial score (nSPS) is 29.3. The third kappa shape index (κ3) is 2.13.